The minimum Gasteiger partial charge on any atom is -0.295 e. The van der Waals surface area contributed by atoms with Crippen molar-refractivity contribution in [2.24, 2.45) is 0 Å². The lowest BCUT2D eigenvalue weighted by Crippen LogP contribution is -2.25. The molecule has 0 saturated heterocycles. The highest BCUT2D eigenvalue weighted by molar-refractivity contribution is 7.12. The zero-order valence-corrected chi connectivity index (χ0v) is 16.4. The molecule has 26 heavy (non-hydrogen) atoms. The molecule has 2 aromatic carbocycles. The van der Waals surface area contributed by atoms with Crippen molar-refractivity contribution in [1.29, 1.82) is 0 Å². The number of hydrogen-bond acceptors (Lipinski definition) is 3. The van der Waals surface area contributed by atoms with Gasteiger partial charge in [-0.15, -0.1) is 11.3 Å². The van der Waals surface area contributed by atoms with Gasteiger partial charge in [0.15, 0.2) is 5.78 Å². The summed E-state index contributed by atoms with van der Waals surface area (Å²) in [6.45, 7) is 5.72. The van der Waals surface area contributed by atoms with Crippen molar-refractivity contribution in [3.8, 4) is 0 Å². The molecule has 0 fully saturated rings. The molecule has 0 aliphatic rings. The maximum absolute atomic E-state index is 12.2. The smallest absolute Gasteiger partial charge is 0.186 e. The summed E-state index contributed by atoms with van der Waals surface area (Å²) < 4.78 is 0. The van der Waals surface area contributed by atoms with Gasteiger partial charge in [-0.1, -0.05) is 74.5 Å². The third-order valence-corrected chi connectivity index (χ3v) is 5.74. The van der Waals surface area contributed by atoms with Gasteiger partial charge < -0.3 is 0 Å². The van der Waals surface area contributed by atoms with E-state index in [9.17, 15) is 4.79 Å². The summed E-state index contributed by atoms with van der Waals surface area (Å²) in [5.41, 5.74) is 3.80. The number of likely N-dealkylation sites (N-methyl/N-ethyl adjacent to an activating group) is 1. The first-order chi connectivity index (χ1) is 12.5. The Bertz CT molecular complexity index is 836. The van der Waals surface area contributed by atoms with Crippen LogP contribution < -0.4 is 0 Å². The van der Waals surface area contributed by atoms with Crippen molar-refractivity contribution in [3.63, 3.8) is 0 Å². The Morgan fingerprint density at radius 1 is 0.923 bits per heavy atom. The Labute approximate surface area is 160 Å². The molecule has 0 N–H and O–H groups in total. The van der Waals surface area contributed by atoms with Crippen LogP contribution in [0.1, 0.15) is 40.2 Å². The van der Waals surface area contributed by atoms with Crippen LogP contribution in [0.25, 0.3) is 0 Å². The zero-order chi connectivity index (χ0) is 18.6. The monoisotopic (exact) mass is 363 g/mol. The van der Waals surface area contributed by atoms with E-state index in [1.165, 1.54) is 28.0 Å². The lowest BCUT2D eigenvalue weighted by molar-refractivity contribution is 0.0947. The first kappa shape index (κ1) is 18.6. The van der Waals surface area contributed by atoms with Crippen LogP contribution in [-0.4, -0.2) is 24.3 Å². The van der Waals surface area contributed by atoms with Crippen LogP contribution >= 0.6 is 11.3 Å². The number of Topliss-reactive ketones (excluding diaryl/α,β-unsaturated/α-hetero) is 1. The number of nitrogens with zero attached hydrogens (tertiary/aromatic N) is 1. The van der Waals surface area contributed by atoms with Gasteiger partial charge in [0.05, 0.1) is 11.4 Å². The van der Waals surface area contributed by atoms with Crippen molar-refractivity contribution < 1.29 is 4.79 Å². The van der Waals surface area contributed by atoms with E-state index in [-0.39, 0.29) is 11.2 Å². The zero-order valence-electron chi connectivity index (χ0n) is 15.6. The fourth-order valence-corrected chi connectivity index (χ4v) is 3.83. The van der Waals surface area contributed by atoms with Crippen molar-refractivity contribution in [2.75, 3.05) is 13.6 Å². The summed E-state index contributed by atoms with van der Waals surface area (Å²) in [5.74, 6) is 0.185. The number of carbonyl (C=O) groups excluding carboxylic acids is 1. The number of hydrogen-bond donors (Lipinski definition) is 0. The molecule has 0 radical (unpaired) electrons. The Balaban J connectivity index is 1.65. The van der Waals surface area contributed by atoms with Gasteiger partial charge in [0, 0.05) is 12.0 Å². The SMILES string of the molecule is CN(CC(=O)c1cccs1)Cc1ccc(C(C)(C)c2ccccc2)cc1. The van der Waals surface area contributed by atoms with Crippen LogP contribution in [0.2, 0.25) is 0 Å². The van der Waals surface area contributed by atoms with Gasteiger partial charge in [0.2, 0.25) is 0 Å². The van der Waals surface area contributed by atoms with Gasteiger partial charge in [-0.3, -0.25) is 9.69 Å². The summed E-state index contributed by atoms with van der Waals surface area (Å²) in [6, 6.07) is 23.2. The van der Waals surface area contributed by atoms with Crippen LogP contribution in [0, 0.1) is 0 Å². The maximum atomic E-state index is 12.2. The minimum absolute atomic E-state index is 0.0270. The van der Waals surface area contributed by atoms with Gasteiger partial charge in [-0.05, 0) is 35.2 Å². The van der Waals surface area contributed by atoms with E-state index in [0.29, 0.717) is 6.54 Å². The standard InChI is InChI=1S/C23H25NOS/c1-23(2,19-8-5-4-6-9-19)20-13-11-18(12-14-20)16-24(3)17-21(25)22-10-7-15-26-22/h4-15H,16-17H2,1-3H3. The fraction of sp³-hybridized carbons (Fsp3) is 0.261. The Hall–Kier alpha value is -2.23. The van der Waals surface area contributed by atoms with E-state index >= 15 is 0 Å². The normalized spacial score (nSPS) is 11.7. The third kappa shape index (κ3) is 4.29. The van der Waals surface area contributed by atoms with E-state index in [0.717, 1.165) is 11.4 Å². The molecule has 0 saturated carbocycles. The average Bonchev–Trinajstić information content (AvgIpc) is 3.18. The van der Waals surface area contributed by atoms with Crippen LogP contribution in [0.4, 0.5) is 0 Å². The second-order valence-corrected chi connectivity index (χ2v) is 8.21. The summed E-state index contributed by atoms with van der Waals surface area (Å²) in [4.78, 5) is 15.1. The second kappa shape index (κ2) is 7.98. The molecule has 0 aliphatic carbocycles. The molecule has 3 rings (SSSR count). The molecular weight excluding hydrogens is 338 g/mol. The van der Waals surface area contributed by atoms with E-state index < -0.39 is 0 Å². The average molecular weight is 364 g/mol. The Kier molecular flexibility index (Phi) is 5.70. The van der Waals surface area contributed by atoms with Crippen molar-refractivity contribution in [2.45, 2.75) is 25.8 Å². The highest BCUT2D eigenvalue weighted by Crippen LogP contribution is 2.31. The van der Waals surface area contributed by atoms with E-state index in [1.54, 1.807) is 0 Å². The molecule has 0 bridgehead atoms. The molecule has 3 aromatic rings. The molecule has 0 spiro atoms. The Morgan fingerprint density at radius 3 is 2.19 bits per heavy atom. The predicted octanol–water partition coefficient (Wildman–Crippen LogP) is 5.39. The maximum Gasteiger partial charge on any atom is 0.186 e. The molecule has 0 aliphatic heterocycles. The first-order valence-electron chi connectivity index (χ1n) is 8.87. The van der Waals surface area contributed by atoms with Crippen LogP contribution in [-0.2, 0) is 12.0 Å². The first-order valence-corrected chi connectivity index (χ1v) is 9.75. The number of rotatable bonds is 7. The van der Waals surface area contributed by atoms with Crippen LogP contribution in [0.3, 0.4) is 0 Å². The Morgan fingerprint density at radius 2 is 1.58 bits per heavy atom. The molecule has 134 valence electrons. The van der Waals surface area contributed by atoms with Crippen molar-refractivity contribution in [1.82, 2.24) is 4.90 Å². The highest BCUT2D eigenvalue weighted by Gasteiger charge is 2.22. The van der Waals surface area contributed by atoms with Gasteiger partial charge >= 0.3 is 0 Å². The van der Waals surface area contributed by atoms with E-state index in [1.807, 2.05) is 24.6 Å². The number of thiophene rings is 1. The second-order valence-electron chi connectivity index (χ2n) is 7.26. The van der Waals surface area contributed by atoms with Gasteiger partial charge in [-0.25, -0.2) is 0 Å². The molecular formula is C23H25NOS. The molecule has 0 unspecified atom stereocenters. The van der Waals surface area contributed by atoms with Gasteiger partial charge in [0.1, 0.15) is 0 Å². The van der Waals surface area contributed by atoms with Gasteiger partial charge in [0.25, 0.3) is 0 Å². The third-order valence-electron chi connectivity index (χ3n) is 4.83. The highest BCUT2D eigenvalue weighted by atomic mass is 32.1. The van der Waals surface area contributed by atoms with Crippen LogP contribution in [0.5, 0.6) is 0 Å². The molecule has 3 heteroatoms. The molecule has 1 heterocycles. The van der Waals surface area contributed by atoms with E-state index in [4.69, 9.17) is 0 Å². The number of benzene rings is 2. The molecule has 0 atom stereocenters. The van der Waals surface area contributed by atoms with Crippen molar-refractivity contribution >= 4 is 17.1 Å². The number of ketones is 1. The van der Waals surface area contributed by atoms with Crippen LogP contribution in [0.15, 0.2) is 72.1 Å². The summed E-state index contributed by atoms with van der Waals surface area (Å²) in [6.07, 6.45) is 0. The topological polar surface area (TPSA) is 20.3 Å². The minimum atomic E-state index is -0.0270. The largest absolute Gasteiger partial charge is 0.295 e. The summed E-state index contributed by atoms with van der Waals surface area (Å²) in [5, 5.41) is 1.94. The summed E-state index contributed by atoms with van der Waals surface area (Å²) >= 11 is 1.51. The number of carbonyl (C=O) groups is 1. The van der Waals surface area contributed by atoms with Crippen molar-refractivity contribution in [3.05, 3.63) is 93.7 Å². The summed E-state index contributed by atoms with van der Waals surface area (Å²) in [7, 11) is 1.99. The predicted molar refractivity (Wildman–Crippen MR) is 110 cm³/mol. The lowest BCUT2D eigenvalue weighted by Gasteiger charge is -2.26. The molecule has 0 amide bonds. The molecule has 2 nitrogen and oxygen atoms in total. The lowest BCUT2D eigenvalue weighted by atomic mass is 9.78. The van der Waals surface area contributed by atoms with E-state index in [2.05, 4.69) is 73.3 Å². The fourth-order valence-electron chi connectivity index (χ4n) is 3.18. The molecule has 1 aromatic heterocycles. The van der Waals surface area contributed by atoms with Gasteiger partial charge in [-0.2, -0.15) is 0 Å². The quantitative estimate of drug-likeness (QED) is 0.525.